The third-order valence-corrected chi connectivity index (χ3v) is 3.73. The monoisotopic (exact) mass is 257 g/mol. The van der Waals surface area contributed by atoms with Crippen molar-refractivity contribution in [2.45, 2.75) is 33.2 Å². The van der Waals surface area contributed by atoms with E-state index in [1.807, 2.05) is 0 Å². The molecule has 108 valence electrons. The zero-order valence-electron chi connectivity index (χ0n) is 12.6. The Kier molecular flexibility index (Phi) is 6.57. The molecular formula is C14H31N3O. The van der Waals surface area contributed by atoms with Crippen LogP contribution in [0.5, 0.6) is 0 Å². The van der Waals surface area contributed by atoms with Crippen molar-refractivity contribution in [2.75, 3.05) is 52.5 Å². The van der Waals surface area contributed by atoms with Crippen LogP contribution >= 0.6 is 0 Å². The molecule has 0 aromatic heterocycles. The first-order chi connectivity index (χ1) is 8.45. The standard InChI is InChI=1S/C14H31N3O/c1-13(2)11-18-10-9-16-5-7-17(8-6-16)14(3,4)12-15/h13H,5-12,15H2,1-4H3. The molecule has 4 heteroatoms. The molecule has 1 aliphatic heterocycles. The minimum atomic E-state index is 0.139. The maximum atomic E-state index is 5.82. The van der Waals surface area contributed by atoms with Gasteiger partial charge in [-0.2, -0.15) is 0 Å². The van der Waals surface area contributed by atoms with Crippen LogP contribution in [-0.2, 0) is 4.74 Å². The van der Waals surface area contributed by atoms with Crippen LogP contribution < -0.4 is 5.73 Å². The largest absolute Gasteiger partial charge is 0.380 e. The zero-order chi connectivity index (χ0) is 13.6. The van der Waals surface area contributed by atoms with E-state index in [9.17, 15) is 0 Å². The van der Waals surface area contributed by atoms with Gasteiger partial charge >= 0.3 is 0 Å². The van der Waals surface area contributed by atoms with Gasteiger partial charge in [0.15, 0.2) is 0 Å². The number of nitrogens with two attached hydrogens (primary N) is 1. The molecule has 0 aromatic rings. The van der Waals surface area contributed by atoms with Gasteiger partial charge in [-0.05, 0) is 19.8 Å². The van der Waals surface area contributed by atoms with E-state index in [2.05, 4.69) is 37.5 Å². The van der Waals surface area contributed by atoms with Gasteiger partial charge in [0.2, 0.25) is 0 Å². The quantitative estimate of drug-likeness (QED) is 0.691. The minimum Gasteiger partial charge on any atom is -0.380 e. The highest BCUT2D eigenvalue weighted by atomic mass is 16.5. The van der Waals surface area contributed by atoms with E-state index >= 15 is 0 Å². The summed E-state index contributed by atoms with van der Waals surface area (Å²) in [5, 5.41) is 0. The molecule has 4 nitrogen and oxygen atoms in total. The second kappa shape index (κ2) is 7.43. The lowest BCUT2D eigenvalue weighted by Crippen LogP contribution is -2.57. The first-order valence-electron chi connectivity index (χ1n) is 7.21. The number of nitrogens with zero attached hydrogens (tertiary/aromatic N) is 2. The van der Waals surface area contributed by atoms with E-state index in [0.717, 1.165) is 52.5 Å². The highest BCUT2D eigenvalue weighted by molar-refractivity contribution is 4.86. The predicted octanol–water partition coefficient (Wildman–Crippen LogP) is 1.01. The van der Waals surface area contributed by atoms with Gasteiger partial charge in [-0.15, -0.1) is 0 Å². The summed E-state index contributed by atoms with van der Waals surface area (Å²) < 4.78 is 5.64. The fourth-order valence-electron chi connectivity index (χ4n) is 2.22. The number of ether oxygens (including phenoxy) is 1. The second-order valence-corrected chi connectivity index (χ2v) is 6.31. The Morgan fingerprint density at radius 1 is 1.17 bits per heavy atom. The smallest absolute Gasteiger partial charge is 0.0593 e. The van der Waals surface area contributed by atoms with E-state index < -0.39 is 0 Å². The maximum Gasteiger partial charge on any atom is 0.0593 e. The Morgan fingerprint density at radius 2 is 1.78 bits per heavy atom. The van der Waals surface area contributed by atoms with E-state index in [1.54, 1.807) is 0 Å². The van der Waals surface area contributed by atoms with Crippen LogP contribution in [0.4, 0.5) is 0 Å². The molecule has 0 spiro atoms. The van der Waals surface area contributed by atoms with Crippen LogP contribution in [-0.4, -0.2) is 67.8 Å². The normalized spacial score (nSPS) is 19.7. The number of rotatable bonds is 7. The zero-order valence-corrected chi connectivity index (χ0v) is 12.6. The molecule has 1 aliphatic rings. The summed E-state index contributed by atoms with van der Waals surface area (Å²) in [7, 11) is 0. The van der Waals surface area contributed by atoms with Crippen LogP contribution in [0.25, 0.3) is 0 Å². The molecule has 1 saturated heterocycles. The van der Waals surface area contributed by atoms with Gasteiger partial charge < -0.3 is 10.5 Å². The summed E-state index contributed by atoms with van der Waals surface area (Å²) in [4.78, 5) is 4.99. The van der Waals surface area contributed by atoms with E-state index in [1.165, 1.54) is 0 Å². The van der Waals surface area contributed by atoms with Gasteiger partial charge in [0.1, 0.15) is 0 Å². The Hall–Kier alpha value is -0.160. The molecule has 1 rings (SSSR count). The van der Waals surface area contributed by atoms with Crippen molar-refractivity contribution < 1.29 is 4.74 Å². The van der Waals surface area contributed by atoms with Gasteiger partial charge in [0, 0.05) is 51.4 Å². The summed E-state index contributed by atoms with van der Waals surface area (Å²) in [6, 6.07) is 0. The number of piperazine rings is 1. The second-order valence-electron chi connectivity index (χ2n) is 6.31. The summed E-state index contributed by atoms with van der Waals surface area (Å²) >= 11 is 0. The number of hydrogen-bond donors (Lipinski definition) is 1. The van der Waals surface area contributed by atoms with E-state index in [-0.39, 0.29) is 5.54 Å². The van der Waals surface area contributed by atoms with Crippen molar-refractivity contribution >= 4 is 0 Å². The molecule has 0 unspecified atom stereocenters. The van der Waals surface area contributed by atoms with Crippen LogP contribution in [0.1, 0.15) is 27.7 Å². The predicted molar refractivity (Wildman–Crippen MR) is 76.8 cm³/mol. The molecule has 0 aliphatic carbocycles. The highest BCUT2D eigenvalue weighted by Crippen LogP contribution is 2.15. The average molecular weight is 257 g/mol. The highest BCUT2D eigenvalue weighted by Gasteiger charge is 2.28. The third-order valence-electron chi connectivity index (χ3n) is 3.73. The Balaban J connectivity index is 2.16. The summed E-state index contributed by atoms with van der Waals surface area (Å²) in [6.07, 6.45) is 0. The first-order valence-corrected chi connectivity index (χ1v) is 7.21. The van der Waals surface area contributed by atoms with Gasteiger partial charge in [-0.3, -0.25) is 9.80 Å². The van der Waals surface area contributed by atoms with Crippen molar-refractivity contribution in [2.24, 2.45) is 11.7 Å². The Bertz CT molecular complexity index is 223. The minimum absolute atomic E-state index is 0.139. The van der Waals surface area contributed by atoms with Crippen LogP contribution in [0, 0.1) is 5.92 Å². The first kappa shape index (κ1) is 15.9. The summed E-state index contributed by atoms with van der Waals surface area (Å²) in [5.74, 6) is 0.632. The van der Waals surface area contributed by atoms with Crippen molar-refractivity contribution in [3.63, 3.8) is 0 Å². The van der Waals surface area contributed by atoms with E-state index in [0.29, 0.717) is 5.92 Å². The molecule has 18 heavy (non-hydrogen) atoms. The molecule has 0 bridgehead atoms. The number of hydrogen-bond acceptors (Lipinski definition) is 4. The van der Waals surface area contributed by atoms with Gasteiger partial charge in [0.05, 0.1) is 6.61 Å². The van der Waals surface area contributed by atoms with Gasteiger partial charge in [-0.25, -0.2) is 0 Å². The summed E-state index contributed by atoms with van der Waals surface area (Å²) in [5.41, 5.74) is 5.96. The Morgan fingerprint density at radius 3 is 2.28 bits per heavy atom. The SMILES string of the molecule is CC(C)COCCN1CCN(C(C)(C)CN)CC1. The lowest BCUT2D eigenvalue weighted by molar-refractivity contribution is 0.0339. The third kappa shape index (κ3) is 5.22. The molecule has 0 saturated carbocycles. The van der Waals surface area contributed by atoms with Crippen LogP contribution in [0.15, 0.2) is 0 Å². The fraction of sp³-hybridized carbons (Fsp3) is 1.00. The van der Waals surface area contributed by atoms with Gasteiger partial charge in [0.25, 0.3) is 0 Å². The molecule has 0 aromatic carbocycles. The van der Waals surface area contributed by atoms with Crippen molar-refractivity contribution in [1.82, 2.24) is 9.80 Å². The maximum absolute atomic E-state index is 5.82. The molecule has 1 fully saturated rings. The molecular weight excluding hydrogens is 226 g/mol. The van der Waals surface area contributed by atoms with Crippen molar-refractivity contribution in [1.29, 1.82) is 0 Å². The van der Waals surface area contributed by atoms with Gasteiger partial charge in [-0.1, -0.05) is 13.8 Å². The molecule has 0 radical (unpaired) electrons. The van der Waals surface area contributed by atoms with Crippen LogP contribution in [0.3, 0.4) is 0 Å². The fourth-order valence-corrected chi connectivity index (χ4v) is 2.22. The Labute approximate surface area is 112 Å². The molecule has 0 atom stereocenters. The molecule has 2 N–H and O–H groups in total. The van der Waals surface area contributed by atoms with E-state index in [4.69, 9.17) is 10.5 Å². The lowest BCUT2D eigenvalue weighted by atomic mass is 10.0. The van der Waals surface area contributed by atoms with Crippen molar-refractivity contribution in [3.05, 3.63) is 0 Å². The molecule has 0 amide bonds. The average Bonchev–Trinajstić information content (AvgIpc) is 2.35. The van der Waals surface area contributed by atoms with Crippen LogP contribution in [0.2, 0.25) is 0 Å². The summed E-state index contributed by atoms with van der Waals surface area (Å²) in [6.45, 7) is 16.9. The lowest BCUT2D eigenvalue weighted by Gasteiger charge is -2.43. The molecule has 1 heterocycles. The van der Waals surface area contributed by atoms with Crippen molar-refractivity contribution in [3.8, 4) is 0 Å². The topological polar surface area (TPSA) is 41.7 Å².